The Labute approximate surface area is 122 Å². The van der Waals surface area contributed by atoms with Crippen molar-refractivity contribution in [3.63, 3.8) is 0 Å². The van der Waals surface area contributed by atoms with E-state index in [9.17, 15) is 13.2 Å². The van der Waals surface area contributed by atoms with Crippen LogP contribution in [0.4, 0.5) is 0 Å². The lowest BCUT2D eigenvalue weighted by atomic mass is 9.85. The number of piperidine rings is 1. The lowest BCUT2D eigenvalue weighted by Gasteiger charge is -2.39. The molecule has 20 heavy (non-hydrogen) atoms. The summed E-state index contributed by atoms with van der Waals surface area (Å²) >= 11 is 0. The van der Waals surface area contributed by atoms with Crippen molar-refractivity contribution in [1.82, 2.24) is 9.62 Å². The fourth-order valence-electron chi connectivity index (χ4n) is 2.30. The monoisotopic (exact) mass is 305 g/mol. The number of amides is 1. The molecule has 0 bridgehead atoms. The van der Waals surface area contributed by atoms with Gasteiger partial charge in [0.25, 0.3) is 0 Å². The predicted octanol–water partition coefficient (Wildman–Crippen LogP) is 0.290. The summed E-state index contributed by atoms with van der Waals surface area (Å²) in [6.07, 6.45) is 3.89. The van der Waals surface area contributed by atoms with E-state index in [1.54, 1.807) is 4.90 Å². The number of nitrogens with two attached hydrogens (primary N) is 1. The molecule has 1 aliphatic rings. The van der Waals surface area contributed by atoms with Gasteiger partial charge in [-0.2, -0.15) is 0 Å². The van der Waals surface area contributed by atoms with Crippen LogP contribution in [0.5, 0.6) is 0 Å². The number of hydrogen-bond donors (Lipinski definition) is 2. The molecule has 0 aromatic rings. The molecule has 1 rings (SSSR count). The van der Waals surface area contributed by atoms with Crippen molar-refractivity contribution in [2.75, 3.05) is 19.3 Å². The van der Waals surface area contributed by atoms with Crippen LogP contribution in [0.2, 0.25) is 0 Å². The number of carbonyl (C=O) groups is 1. The minimum absolute atomic E-state index is 0.0856. The van der Waals surface area contributed by atoms with Crippen LogP contribution in [-0.4, -0.2) is 50.7 Å². The number of nitrogens with one attached hydrogen (secondary N) is 1. The smallest absolute Gasteiger partial charge is 0.240 e. The van der Waals surface area contributed by atoms with Crippen molar-refractivity contribution in [3.05, 3.63) is 0 Å². The molecule has 3 N–H and O–H groups in total. The van der Waals surface area contributed by atoms with Gasteiger partial charge in [0.1, 0.15) is 0 Å². The van der Waals surface area contributed by atoms with Gasteiger partial charge in [0.2, 0.25) is 15.9 Å². The zero-order valence-electron chi connectivity index (χ0n) is 12.8. The Balaban J connectivity index is 2.76. The number of nitrogens with zero attached hydrogens (tertiary/aromatic N) is 1. The molecule has 1 unspecified atom stereocenters. The number of sulfonamides is 1. The second-order valence-electron chi connectivity index (χ2n) is 6.65. The number of hydrogen-bond acceptors (Lipinski definition) is 4. The van der Waals surface area contributed by atoms with Crippen LogP contribution in [0.25, 0.3) is 0 Å². The van der Waals surface area contributed by atoms with E-state index in [0.29, 0.717) is 6.54 Å². The van der Waals surface area contributed by atoms with Crippen LogP contribution in [0, 0.1) is 5.41 Å². The van der Waals surface area contributed by atoms with Crippen molar-refractivity contribution in [2.24, 2.45) is 11.1 Å². The van der Waals surface area contributed by atoms with Gasteiger partial charge in [0, 0.05) is 19.1 Å². The fourth-order valence-corrected chi connectivity index (χ4v) is 2.79. The Morgan fingerprint density at radius 1 is 1.40 bits per heavy atom. The van der Waals surface area contributed by atoms with Gasteiger partial charge in [-0.3, -0.25) is 4.79 Å². The first-order chi connectivity index (χ1) is 9.02. The van der Waals surface area contributed by atoms with E-state index in [-0.39, 0.29) is 23.9 Å². The van der Waals surface area contributed by atoms with Gasteiger partial charge in [-0.05, 0) is 24.7 Å². The molecule has 7 heteroatoms. The summed E-state index contributed by atoms with van der Waals surface area (Å²) in [4.78, 5) is 14.3. The van der Waals surface area contributed by atoms with Crippen LogP contribution >= 0.6 is 0 Å². The second-order valence-corrected chi connectivity index (χ2v) is 8.48. The van der Waals surface area contributed by atoms with Crippen LogP contribution in [0.3, 0.4) is 0 Å². The highest BCUT2D eigenvalue weighted by Crippen LogP contribution is 2.23. The van der Waals surface area contributed by atoms with E-state index in [2.05, 4.69) is 4.72 Å². The topological polar surface area (TPSA) is 92.5 Å². The van der Waals surface area contributed by atoms with E-state index in [0.717, 1.165) is 25.5 Å². The fraction of sp³-hybridized carbons (Fsp3) is 0.923. The molecular weight excluding hydrogens is 278 g/mol. The maximum atomic E-state index is 12.5. The maximum Gasteiger partial charge on any atom is 0.240 e. The third-order valence-corrected chi connectivity index (χ3v) is 4.38. The van der Waals surface area contributed by atoms with E-state index >= 15 is 0 Å². The summed E-state index contributed by atoms with van der Waals surface area (Å²) in [6.45, 7) is 6.72. The first kappa shape index (κ1) is 17.4. The van der Waals surface area contributed by atoms with E-state index in [1.165, 1.54) is 0 Å². The lowest BCUT2D eigenvalue weighted by molar-refractivity contribution is -0.138. The first-order valence-electron chi connectivity index (χ1n) is 7.03. The van der Waals surface area contributed by atoms with Gasteiger partial charge >= 0.3 is 0 Å². The van der Waals surface area contributed by atoms with Gasteiger partial charge < -0.3 is 10.6 Å². The summed E-state index contributed by atoms with van der Waals surface area (Å²) in [7, 11) is -3.24. The molecule has 0 aromatic carbocycles. The van der Waals surface area contributed by atoms with Gasteiger partial charge in [0.15, 0.2) is 0 Å². The maximum absolute atomic E-state index is 12.5. The quantitative estimate of drug-likeness (QED) is 0.781. The average molecular weight is 305 g/mol. The summed E-state index contributed by atoms with van der Waals surface area (Å²) in [5.74, 6) is -0.0856. The molecule has 0 saturated carbocycles. The molecule has 1 amide bonds. The molecule has 2 atom stereocenters. The Bertz CT molecular complexity index is 442. The summed E-state index contributed by atoms with van der Waals surface area (Å²) in [6, 6.07) is -0.666. The molecule has 1 fully saturated rings. The van der Waals surface area contributed by atoms with E-state index in [4.69, 9.17) is 5.73 Å². The molecule has 0 aromatic heterocycles. The van der Waals surface area contributed by atoms with Gasteiger partial charge in [-0.25, -0.2) is 13.1 Å². The van der Waals surface area contributed by atoms with Crippen LogP contribution < -0.4 is 10.5 Å². The largest absolute Gasteiger partial charge is 0.337 e. The van der Waals surface area contributed by atoms with Gasteiger partial charge in [0.05, 0.1) is 12.3 Å². The summed E-state index contributed by atoms with van der Waals surface area (Å²) in [5, 5.41) is 0. The van der Waals surface area contributed by atoms with Crippen molar-refractivity contribution < 1.29 is 13.2 Å². The number of rotatable bonds is 4. The minimum Gasteiger partial charge on any atom is -0.337 e. The number of likely N-dealkylation sites (tertiary alicyclic amines) is 1. The van der Waals surface area contributed by atoms with Crippen molar-refractivity contribution in [2.45, 2.75) is 52.1 Å². The molecule has 0 spiro atoms. The number of carbonyl (C=O) groups excluding carboxylic acids is 1. The SMILES string of the molecule is CC(C)(C)[C@H](N)C(=O)N1CCCCC1CNS(C)(=O)=O. The van der Waals surface area contributed by atoms with Crippen molar-refractivity contribution in [3.8, 4) is 0 Å². The molecule has 1 aliphatic heterocycles. The molecular formula is C13H27N3O3S. The summed E-state index contributed by atoms with van der Waals surface area (Å²) < 4.78 is 24.9. The molecule has 0 radical (unpaired) electrons. The Morgan fingerprint density at radius 3 is 2.50 bits per heavy atom. The molecule has 0 aliphatic carbocycles. The minimum atomic E-state index is -3.24. The average Bonchev–Trinajstić information content (AvgIpc) is 2.33. The van der Waals surface area contributed by atoms with Crippen LogP contribution in [0.15, 0.2) is 0 Å². The van der Waals surface area contributed by atoms with Crippen LogP contribution in [0.1, 0.15) is 40.0 Å². The first-order valence-corrected chi connectivity index (χ1v) is 8.92. The van der Waals surface area contributed by atoms with Crippen molar-refractivity contribution in [1.29, 1.82) is 0 Å². The van der Waals surface area contributed by atoms with Crippen LogP contribution in [-0.2, 0) is 14.8 Å². The molecule has 1 heterocycles. The lowest BCUT2D eigenvalue weighted by Crippen LogP contribution is -2.57. The van der Waals surface area contributed by atoms with Gasteiger partial charge in [-0.1, -0.05) is 20.8 Å². The Morgan fingerprint density at radius 2 is 2.00 bits per heavy atom. The normalized spacial score (nSPS) is 22.6. The highest BCUT2D eigenvalue weighted by Gasteiger charge is 2.35. The summed E-state index contributed by atoms with van der Waals surface area (Å²) in [5.41, 5.74) is 5.74. The third kappa shape index (κ3) is 5.03. The molecule has 6 nitrogen and oxygen atoms in total. The third-order valence-electron chi connectivity index (χ3n) is 3.69. The highest BCUT2D eigenvalue weighted by atomic mass is 32.2. The Hall–Kier alpha value is -0.660. The van der Waals surface area contributed by atoms with E-state index < -0.39 is 16.1 Å². The molecule has 118 valence electrons. The van der Waals surface area contributed by atoms with Gasteiger partial charge in [-0.15, -0.1) is 0 Å². The Kier molecular flexibility index (Phi) is 5.57. The van der Waals surface area contributed by atoms with E-state index in [1.807, 2.05) is 20.8 Å². The highest BCUT2D eigenvalue weighted by molar-refractivity contribution is 7.88. The zero-order valence-corrected chi connectivity index (χ0v) is 13.7. The zero-order chi connectivity index (χ0) is 15.6. The standard InChI is InChI=1S/C13H27N3O3S/c1-13(2,3)11(14)12(17)16-8-6-5-7-10(16)9-15-20(4,18)19/h10-11,15H,5-9,14H2,1-4H3/t10?,11-/m1/s1. The molecule has 1 saturated heterocycles. The predicted molar refractivity (Wildman–Crippen MR) is 79.6 cm³/mol. The second kappa shape index (κ2) is 6.41. The van der Waals surface area contributed by atoms with Crippen molar-refractivity contribution >= 4 is 15.9 Å².